The molecule has 176 valence electrons. The molecule has 1 amide bonds. The quantitative estimate of drug-likeness (QED) is 0.605. The van der Waals surface area contributed by atoms with Crippen LogP contribution in [0.2, 0.25) is 0 Å². The topological polar surface area (TPSA) is 84.9 Å². The number of aryl methyl sites for hydroxylation is 1. The fourth-order valence-electron chi connectivity index (χ4n) is 3.40. The number of nitrogens with one attached hydrogen (secondary N) is 1. The summed E-state index contributed by atoms with van der Waals surface area (Å²) in [5.74, 6) is 1.38. The lowest BCUT2D eigenvalue weighted by Crippen LogP contribution is -2.38. The van der Waals surface area contributed by atoms with Gasteiger partial charge in [0.05, 0.1) is 25.1 Å². The van der Waals surface area contributed by atoms with Crippen LogP contribution in [0.5, 0.6) is 11.5 Å². The van der Waals surface area contributed by atoms with Crippen molar-refractivity contribution in [3.8, 4) is 11.5 Å². The highest BCUT2D eigenvalue weighted by Gasteiger charge is 2.21. The number of nitrogens with zero attached hydrogens (tertiary/aromatic N) is 1. The van der Waals surface area contributed by atoms with Gasteiger partial charge in [0.15, 0.2) is 6.10 Å². The van der Waals surface area contributed by atoms with Gasteiger partial charge >= 0.3 is 0 Å². The van der Waals surface area contributed by atoms with E-state index < -0.39 is 16.1 Å². The first-order valence-electron chi connectivity index (χ1n) is 10.5. The molecule has 0 heterocycles. The van der Waals surface area contributed by atoms with Gasteiger partial charge < -0.3 is 14.8 Å². The fourth-order valence-corrected chi connectivity index (χ4v) is 3.91. The zero-order valence-corrected chi connectivity index (χ0v) is 20.9. The van der Waals surface area contributed by atoms with E-state index >= 15 is 0 Å². The van der Waals surface area contributed by atoms with Crippen LogP contribution in [0.4, 0.5) is 5.69 Å². The Morgan fingerprint density at radius 2 is 1.62 bits per heavy atom. The Labute approximate surface area is 191 Å². The van der Waals surface area contributed by atoms with Gasteiger partial charge in [-0.3, -0.25) is 9.10 Å². The summed E-state index contributed by atoms with van der Waals surface area (Å²) in [6, 6.07) is 10.5. The second-order valence-corrected chi connectivity index (χ2v) is 10.3. The van der Waals surface area contributed by atoms with Crippen LogP contribution in [-0.4, -0.2) is 40.8 Å². The average Bonchev–Trinajstić information content (AvgIpc) is 2.72. The molecule has 0 bridgehead atoms. The molecule has 0 aliphatic rings. The first kappa shape index (κ1) is 25.5. The van der Waals surface area contributed by atoms with Gasteiger partial charge in [-0.25, -0.2) is 8.42 Å². The third-order valence-electron chi connectivity index (χ3n) is 5.45. The van der Waals surface area contributed by atoms with Gasteiger partial charge in [0, 0.05) is 7.05 Å². The van der Waals surface area contributed by atoms with Gasteiger partial charge in [0.1, 0.15) is 11.5 Å². The van der Waals surface area contributed by atoms with E-state index in [0.29, 0.717) is 17.4 Å². The number of hydrogen-bond acceptors (Lipinski definition) is 5. The number of carbonyl (C=O) groups excluding carboxylic acids is 1. The molecular weight excluding hydrogens is 428 g/mol. The number of hydrogen-bond donors (Lipinski definition) is 1. The summed E-state index contributed by atoms with van der Waals surface area (Å²) in [5.41, 5.74) is 3.68. The van der Waals surface area contributed by atoms with Crippen LogP contribution < -0.4 is 19.1 Å². The third kappa shape index (κ3) is 6.16. The number of methoxy groups -OCH3 is 1. The van der Waals surface area contributed by atoms with Crippen molar-refractivity contribution >= 4 is 21.6 Å². The molecule has 2 atom stereocenters. The van der Waals surface area contributed by atoms with Crippen LogP contribution in [-0.2, 0) is 14.8 Å². The number of benzene rings is 2. The Balaban J connectivity index is 2.09. The van der Waals surface area contributed by atoms with Crippen molar-refractivity contribution in [1.82, 2.24) is 5.32 Å². The summed E-state index contributed by atoms with van der Waals surface area (Å²) >= 11 is 0. The Morgan fingerprint density at radius 3 is 2.12 bits per heavy atom. The molecule has 0 aliphatic carbocycles. The van der Waals surface area contributed by atoms with Gasteiger partial charge in [-0.15, -0.1) is 0 Å². The van der Waals surface area contributed by atoms with Gasteiger partial charge in [-0.1, -0.05) is 13.8 Å². The zero-order chi connectivity index (χ0) is 24.2. The van der Waals surface area contributed by atoms with Crippen LogP contribution >= 0.6 is 0 Å². The third-order valence-corrected chi connectivity index (χ3v) is 6.65. The van der Waals surface area contributed by atoms with Crippen molar-refractivity contribution in [3.05, 3.63) is 53.1 Å². The summed E-state index contributed by atoms with van der Waals surface area (Å²) in [4.78, 5) is 12.7. The molecular formula is C24H34N2O5S. The first-order valence-corrected chi connectivity index (χ1v) is 12.4. The fraction of sp³-hybridized carbons (Fsp3) is 0.458. The summed E-state index contributed by atoms with van der Waals surface area (Å²) in [6.07, 6.45) is 0.415. The van der Waals surface area contributed by atoms with E-state index in [2.05, 4.69) is 25.2 Å². The Bertz CT molecular complexity index is 1050. The summed E-state index contributed by atoms with van der Waals surface area (Å²) in [7, 11) is -0.198. The number of ether oxygens (including phenoxy) is 2. The first-order chi connectivity index (χ1) is 14.8. The van der Waals surface area contributed by atoms with E-state index in [-0.39, 0.29) is 11.9 Å². The summed E-state index contributed by atoms with van der Waals surface area (Å²) < 4.78 is 35.8. The maximum atomic E-state index is 12.7. The number of sulfonamides is 1. The zero-order valence-electron chi connectivity index (χ0n) is 20.1. The van der Waals surface area contributed by atoms with Crippen LogP contribution in [0.25, 0.3) is 0 Å². The monoisotopic (exact) mass is 462 g/mol. The van der Waals surface area contributed by atoms with Gasteiger partial charge in [-0.2, -0.15) is 0 Å². The highest BCUT2D eigenvalue weighted by molar-refractivity contribution is 7.92. The maximum Gasteiger partial charge on any atom is 0.261 e. The molecule has 32 heavy (non-hydrogen) atoms. The van der Waals surface area contributed by atoms with E-state index in [1.54, 1.807) is 38.3 Å². The summed E-state index contributed by atoms with van der Waals surface area (Å²) in [5, 5.41) is 3.02. The largest absolute Gasteiger partial charge is 0.496 e. The highest BCUT2D eigenvalue weighted by Crippen LogP contribution is 2.32. The van der Waals surface area contributed by atoms with Crippen molar-refractivity contribution < 1.29 is 22.7 Å². The molecule has 2 rings (SSSR count). The smallest absolute Gasteiger partial charge is 0.261 e. The molecule has 0 fully saturated rings. The standard InChI is InChI=1S/C24H34N2O5S/c1-15(2)21-14-22(16(3)13-23(21)30-7)17(4)25-24(27)18(5)31-20-11-9-19(10-12-20)26(6)32(8,28)29/h9-15,17-18H,1-8H3,(H,25,27)/t17-,18+/m0/s1. The molecule has 0 aromatic heterocycles. The Hall–Kier alpha value is -2.74. The lowest BCUT2D eigenvalue weighted by Gasteiger charge is -2.23. The summed E-state index contributed by atoms with van der Waals surface area (Å²) in [6.45, 7) is 9.84. The lowest BCUT2D eigenvalue weighted by molar-refractivity contribution is -0.127. The van der Waals surface area contributed by atoms with Crippen LogP contribution in [0.3, 0.4) is 0 Å². The second-order valence-electron chi connectivity index (χ2n) is 8.32. The molecule has 8 heteroatoms. The molecule has 0 unspecified atom stereocenters. The van der Waals surface area contributed by atoms with Crippen molar-refractivity contribution in [3.63, 3.8) is 0 Å². The molecule has 1 N–H and O–H groups in total. The Kier molecular flexibility index (Phi) is 8.18. The van der Waals surface area contributed by atoms with Crippen LogP contribution in [0.15, 0.2) is 36.4 Å². The molecule has 0 saturated heterocycles. The van der Waals surface area contributed by atoms with Gasteiger partial charge in [-0.05, 0) is 79.8 Å². The average molecular weight is 463 g/mol. The number of amides is 1. The molecule has 0 radical (unpaired) electrons. The number of rotatable bonds is 9. The van der Waals surface area contributed by atoms with Crippen LogP contribution in [0.1, 0.15) is 56.3 Å². The number of carbonyl (C=O) groups is 1. The van der Waals surface area contributed by atoms with E-state index in [0.717, 1.165) is 28.7 Å². The van der Waals surface area contributed by atoms with E-state index in [4.69, 9.17) is 9.47 Å². The minimum Gasteiger partial charge on any atom is -0.496 e. The molecule has 2 aromatic carbocycles. The predicted molar refractivity (Wildman–Crippen MR) is 128 cm³/mol. The van der Waals surface area contributed by atoms with E-state index in [1.807, 2.05) is 19.9 Å². The highest BCUT2D eigenvalue weighted by atomic mass is 32.2. The Morgan fingerprint density at radius 1 is 1.03 bits per heavy atom. The molecule has 0 saturated carbocycles. The molecule has 7 nitrogen and oxygen atoms in total. The minimum absolute atomic E-state index is 0.206. The normalized spacial score (nSPS) is 13.4. The lowest BCUT2D eigenvalue weighted by atomic mass is 9.93. The van der Waals surface area contributed by atoms with Gasteiger partial charge in [0.25, 0.3) is 5.91 Å². The van der Waals surface area contributed by atoms with E-state index in [1.165, 1.54) is 11.4 Å². The number of anilines is 1. The molecule has 0 aliphatic heterocycles. The second kappa shape index (κ2) is 10.3. The molecule has 2 aromatic rings. The van der Waals surface area contributed by atoms with Gasteiger partial charge in [0.2, 0.25) is 10.0 Å². The minimum atomic E-state index is -3.34. The molecule has 0 spiro atoms. The van der Waals surface area contributed by atoms with Crippen LogP contribution in [0, 0.1) is 6.92 Å². The van der Waals surface area contributed by atoms with E-state index in [9.17, 15) is 13.2 Å². The van der Waals surface area contributed by atoms with Crippen molar-refractivity contribution in [2.45, 2.75) is 52.7 Å². The maximum absolute atomic E-state index is 12.7. The van der Waals surface area contributed by atoms with Crippen molar-refractivity contribution in [2.24, 2.45) is 0 Å². The predicted octanol–water partition coefficient (Wildman–Crippen LogP) is 4.17. The van der Waals surface area contributed by atoms with Crippen molar-refractivity contribution in [2.75, 3.05) is 24.7 Å². The SMILES string of the molecule is COc1cc(C)c([C@H](C)NC(=O)[C@@H](C)Oc2ccc(N(C)S(C)(=O)=O)cc2)cc1C(C)C. The van der Waals surface area contributed by atoms with Crippen molar-refractivity contribution in [1.29, 1.82) is 0 Å².